The molecule has 26 heavy (non-hydrogen) atoms. The molecule has 0 saturated heterocycles. The average Bonchev–Trinajstić information content (AvgIpc) is 2.94. The molecule has 0 saturated carbocycles. The van der Waals surface area contributed by atoms with Crippen molar-refractivity contribution in [3.8, 4) is 5.75 Å². The number of thiophene rings is 1. The molecule has 0 spiro atoms. The van der Waals surface area contributed by atoms with Crippen LogP contribution in [0.2, 0.25) is 0 Å². The van der Waals surface area contributed by atoms with Crippen LogP contribution in [0.25, 0.3) is 10.2 Å². The molecule has 136 valence electrons. The number of para-hydroxylation sites is 2. The summed E-state index contributed by atoms with van der Waals surface area (Å²) in [6.07, 6.45) is 2.48. The molecule has 1 N–H and O–H groups in total. The average molecular weight is 388 g/mol. The van der Waals surface area contributed by atoms with Gasteiger partial charge in [-0.2, -0.15) is 0 Å². The summed E-state index contributed by atoms with van der Waals surface area (Å²) in [6.45, 7) is 6.82. The lowest BCUT2D eigenvalue weighted by Gasteiger charge is -2.11. The number of anilines is 1. The van der Waals surface area contributed by atoms with Crippen LogP contribution in [0, 0.1) is 13.8 Å². The Morgan fingerprint density at radius 2 is 2.08 bits per heavy atom. The van der Waals surface area contributed by atoms with Gasteiger partial charge in [-0.1, -0.05) is 30.8 Å². The largest absolute Gasteiger partial charge is 0.491 e. The van der Waals surface area contributed by atoms with E-state index in [4.69, 9.17) is 4.74 Å². The first-order chi connectivity index (χ1) is 12.6. The number of thioether (sulfide) groups is 1. The summed E-state index contributed by atoms with van der Waals surface area (Å²) in [5, 5.41) is 4.84. The number of rotatable bonds is 7. The standard InChI is InChI=1S/C19H21N3O2S2/c1-4-9-24-15-8-6-5-7-14(15)22-16(23)10-25-18-17-12(2)13(3)26-19(17)21-11-20-18/h5-8,11H,4,9-10H2,1-3H3,(H,22,23). The van der Waals surface area contributed by atoms with Crippen LogP contribution >= 0.6 is 23.1 Å². The van der Waals surface area contributed by atoms with Gasteiger partial charge in [-0.15, -0.1) is 11.3 Å². The van der Waals surface area contributed by atoms with Crippen LogP contribution in [0.5, 0.6) is 5.75 Å². The zero-order valence-electron chi connectivity index (χ0n) is 15.0. The van der Waals surface area contributed by atoms with Crippen LogP contribution < -0.4 is 10.1 Å². The number of benzene rings is 1. The van der Waals surface area contributed by atoms with Gasteiger partial charge in [0.2, 0.25) is 5.91 Å². The number of hydrogen-bond acceptors (Lipinski definition) is 6. The van der Waals surface area contributed by atoms with Gasteiger partial charge in [-0.25, -0.2) is 9.97 Å². The van der Waals surface area contributed by atoms with Gasteiger partial charge in [0.25, 0.3) is 0 Å². The summed E-state index contributed by atoms with van der Waals surface area (Å²) >= 11 is 3.09. The van der Waals surface area contributed by atoms with Gasteiger partial charge < -0.3 is 10.1 Å². The maximum absolute atomic E-state index is 12.4. The molecule has 0 unspecified atom stereocenters. The highest BCUT2D eigenvalue weighted by atomic mass is 32.2. The van der Waals surface area contributed by atoms with Crippen molar-refractivity contribution in [3.05, 3.63) is 41.0 Å². The Labute approximate surface area is 161 Å². The Morgan fingerprint density at radius 1 is 1.27 bits per heavy atom. The number of fused-ring (bicyclic) bond motifs is 1. The van der Waals surface area contributed by atoms with Crippen molar-refractivity contribution < 1.29 is 9.53 Å². The van der Waals surface area contributed by atoms with E-state index in [-0.39, 0.29) is 11.7 Å². The van der Waals surface area contributed by atoms with E-state index < -0.39 is 0 Å². The Bertz CT molecular complexity index is 924. The summed E-state index contributed by atoms with van der Waals surface area (Å²) in [6, 6.07) is 7.49. The third kappa shape index (κ3) is 4.16. The highest BCUT2D eigenvalue weighted by molar-refractivity contribution is 8.00. The third-order valence-electron chi connectivity index (χ3n) is 3.89. The van der Waals surface area contributed by atoms with E-state index in [1.54, 1.807) is 17.7 Å². The Hall–Kier alpha value is -2.12. The minimum absolute atomic E-state index is 0.0843. The Morgan fingerprint density at radius 3 is 2.88 bits per heavy atom. The fourth-order valence-electron chi connectivity index (χ4n) is 2.49. The van der Waals surface area contributed by atoms with Crippen molar-refractivity contribution in [2.75, 3.05) is 17.7 Å². The van der Waals surface area contributed by atoms with Crippen molar-refractivity contribution in [1.29, 1.82) is 0 Å². The van der Waals surface area contributed by atoms with E-state index >= 15 is 0 Å². The second kappa shape index (κ2) is 8.51. The smallest absolute Gasteiger partial charge is 0.234 e. The van der Waals surface area contributed by atoms with Crippen LogP contribution in [0.4, 0.5) is 5.69 Å². The van der Waals surface area contributed by atoms with E-state index in [2.05, 4.69) is 36.1 Å². The Kier molecular flexibility index (Phi) is 6.11. The summed E-state index contributed by atoms with van der Waals surface area (Å²) in [5.41, 5.74) is 1.88. The lowest BCUT2D eigenvalue weighted by atomic mass is 10.2. The molecule has 0 aliphatic carbocycles. The van der Waals surface area contributed by atoms with E-state index in [0.29, 0.717) is 18.0 Å². The molecule has 2 aromatic heterocycles. The van der Waals surface area contributed by atoms with E-state index in [1.807, 2.05) is 24.3 Å². The molecule has 1 aromatic carbocycles. The molecular weight excluding hydrogens is 366 g/mol. The quantitative estimate of drug-likeness (QED) is 0.465. The second-order valence-electron chi connectivity index (χ2n) is 5.82. The summed E-state index contributed by atoms with van der Waals surface area (Å²) in [4.78, 5) is 23.3. The second-order valence-corrected chi connectivity index (χ2v) is 7.99. The fraction of sp³-hybridized carbons (Fsp3) is 0.316. The molecule has 1 amide bonds. The van der Waals surface area contributed by atoms with Crippen LogP contribution in [0.15, 0.2) is 35.6 Å². The first-order valence-corrected chi connectivity index (χ1v) is 10.3. The number of amides is 1. The van der Waals surface area contributed by atoms with Crippen molar-refractivity contribution in [1.82, 2.24) is 9.97 Å². The number of nitrogens with one attached hydrogen (secondary N) is 1. The first-order valence-electron chi connectivity index (χ1n) is 8.45. The number of nitrogens with zero attached hydrogens (tertiary/aromatic N) is 2. The normalized spacial score (nSPS) is 10.9. The molecule has 7 heteroatoms. The van der Waals surface area contributed by atoms with Gasteiger partial charge in [0.15, 0.2) is 0 Å². The molecule has 0 radical (unpaired) electrons. The van der Waals surface area contributed by atoms with E-state index in [0.717, 1.165) is 21.7 Å². The number of carbonyl (C=O) groups excluding carboxylic acids is 1. The van der Waals surface area contributed by atoms with E-state index in [1.165, 1.54) is 22.2 Å². The van der Waals surface area contributed by atoms with E-state index in [9.17, 15) is 4.79 Å². The minimum atomic E-state index is -0.0843. The van der Waals surface area contributed by atoms with Crippen LogP contribution in [-0.2, 0) is 4.79 Å². The molecule has 5 nitrogen and oxygen atoms in total. The third-order valence-corrected chi connectivity index (χ3v) is 6.00. The highest BCUT2D eigenvalue weighted by Crippen LogP contribution is 2.34. The molecule has 2 heterocycles. The summed E-state index contributed by atoms with van der Waals surface area (Å²) < 4.78 is 5.69. The topological polar surface area (TPSA) is 64.1 Å². The van der Waals surface area contributed by atoms with Crippen LogP contribution in [0.3, 0.4) is 0 Å². The predicted octanol–water partition coefficient (Wildman–Crippen LogP) is 4.83. The molecule has 0 aliphatic heterocycles. The maximum atomic E-state index is 12.4. The van der Waals surface area contributed by atoms with Crippen LogP contribution in [0.1, 0.15) is 23.8 Å². The molecule has 0 atom stereocenters. The van der Waals surface area contributed by atoms with Gasteiger partial charge in [0, 0.05) is 10.3 Å². The van der Waals surface area contributed by atoms with Crippen molar-refractivity contribution in [3.63, 3.8) is 0 Å². The van der Waals surface area contributed by atoms with Crippen molar-refractivity contribution in [2.45, 2.75) is 32.2 Å². The number of aryl methyl sites for hydroxylation is 2. The van der Waals surface area contributed by atoms with Crippen LogP contribution in [-0.4, -0.2) is 28.2 Å². The SMILES string of the molecule is CCCOc1ccccc1NC(=O)CSc1ncnc2sc(C)c(C)c12. The molecular formula is C19H21N3O2S2. The number of hydrogen-bond donors (Lipinski definition) is 1. The highest BCUT2D eigenvalue weighted by Gasteiger charge is 2.14. The van der Waals surface area contributed by atoms with Gasteiger partial charge in [-0.05, 0) is 38.0 Å². The van der Waals surface area contributed by atoms with Gasteiger partial charge in [-0.3, -0.25) is 4.79 Å². The number of aromatic nitrogens is 2. The fourth-order valence-corrected chi connectivity index (χ4v) is 4.40. The molecule has 3 aromatic rings. The lowest BCUT2D eigenvalue weighted by Crippen LogP contribution is -2.15. The van der Waals surface area contributed by atoms with Crippen molar-refractivity contribution in [2.24, 2.45) is 0 Å². The number of ether oxygens (including phenoxy) is 1. The summed E-state index contributed by atoms with van der Waals surface area (Å²) in [5.74, 6) is 0.892. The van der Waals surface area contributed by atoms with Gasteiger partial charge >= 0.3 is 0 Å². The summed E-state index contributed by atoms with van der Waals surface area (Å²) in [7, 11) is 0. The lowest BCUT2D eigenvalue weighted by molar-refractivity contribution is -0.113. The van der Waals surface area contributed by atoms with Gasteiger partial charge in [0.05, 0.1) is 18.0 Å². The number of carbonyl (C=O) groups is 1. The monoisotopic (exact) mass is 387 g/mol. The first kappa shape index (κ1) is 18.7. The Balaban J connectivity index is 1.69. The zero-order chi connectivity index (χ0) is 18.5. The molecule has 3 rings (SSSR count). The maximum Gasteiger partial charge on any atom is 0.234 e. The molecule has 0 fully saturated rings. The zero-order valence-corrected chi connectivity index (χ0v) is 16.7. The molecule has 0 bridgehead atoms. The van der Waals surface area contributed by atoms with Crippen molar-refractivity contribution >= 4 is 44.9 Å². The van der Waals surface area contributed by atoms with Gasteiger partial charge in [0.1, 0.15) is 21.9 Å². The molecule has 0 aliphatic rings. The predicted molar refractivity (Wildman–Crippen MR) is 108 cm³/mol. The minimum Gasteiger partial charge on any atom is -0.491 e.